The van der Waals surface area contributed by atoms with Crippen LogP contribution in [0.15, 0.2) is 27.6 Å². The number of likely N-dealkylation sites (N-methyl/N-ethyl adjacent to an activating group) is 1. The first-order valence-corrected chi connectivity index (χ1v) is 7.80. The van der Waals surface area contributed by atoms with Gasteiger partial charge >= 0.3 is 6.18 Å². The summed E-state index contributed by atoms with van der Waals surface area (Å²) in [7, 11) is -3.06. The Labute approximate surface area is 136 Å². The molecule has 1 aromatic rings. The Balaban J connectivity index is 0.00000400. The Bertz CT molecular complexity index is 596. The highest BCUT2D eigenvalue weighted by atomic mass is 79.9. The van der Waals surface area contributed by atoms with Crippen LogP contribution in [-0.4, -0.2) is 32.4 Å². The molecule has 21 heavy (non-hydrogen) atoms. The summed E-state index contributed by atoms with van der Waals surface area (Å²) < 4.78 is 64.5. The first kappa shape index (κ1) is 20.6. The van der Waals surface area contributed by atoms with Crippen molar-refractivity contribution in [1.29, 1.82) is 0 Å². The zero-order chi connectivity index (χ0) is 15.7. The molecule has 0 aliphatic rings. The lowest BCUT2D eigenvalue weighted by Crippen LogP contribution is -2.40. The van der Waals surface area contributed by atoms with Gasteiger partial charge in [0.25, 0.3) is 0 Å². The second-order valence-electron chi connectivity index (χ2n) is 4.24. The molecule has 0 amide bonds. The largest absolute Gasteiger partial charge is 0.417 e. The third-order valence-electron chi connectivity index (χ3n) is 2.87. The van der Waals surface area contributed by atoms with Crippen molar-refractivity contribution in [1.82, 2.24) is 4.31 Å². The molecule has 0 fully saturated rings. The molecule has 1 atom stereocenters. The van der Waals surface area contributed by atoms with Gasteiger partial charge < -0.3 is 5.73 Å². The smallest absolute Gasteiger partial charge is 0.329 e. The number of alkyl halides is 3. The number of sulfonamides is 1. The average molecular weight is 412 g/mol. The zero-order valence-electron chi connectivity index (χ0n) is 11.2. The van der Waals surface area contributed by atoms with E-state index in [0.29, 0.717) is 0 Å². The van der Waals surface area contributed by atoms with Crippen LogP contribution >= 0.6 is 28.3 Å². The standard InChI is InChI=1S/C11H14BrF3N2O2S.ClH/c1-7(6-16)17(2)20(18,19)10-4-3-8(12)5-9(10)11(13,14)15;/h3-5,7H,6,16H2,1-2H3;1H. The Morgan fingerprint density at radius 1 is 1.38 bits per heavy atom. The van der Waals surface area contributed by atoms with Crippen LogP contribution in [0.25, 0.3) is 0 Å². The average Bonchev–Trinajstić information content (AvgIpc) is 2.35. The molecule has 0 saturated carbocycles. The molecule has 10 heteroatoms. The maximum absolute atomic E-state index is 13.0. The normalized spacial score (nSPS) is 13.9. The van der Waals surface area contributed by atoms with E-state index in [4.69, 9.17) is 5.73 Å². The highest BCUT2D eigenvalue weighted by Crippen LogP contribution is 2.36. The van der Waals surface area contributed by atoms with Crippen LogP contribution in [0.4, 0.5) is 13.2 Å². The lowest BCUT2D eigenvalue weighted by atomic mass is 10.2. The fourth-order valence-electron chi connectivity index (χ4n) is 1.49. The van der Waals surface area contributed by atoms with Gasteiger partial charge in [-0.1, -0.05) is 15.9 Å². The van der Waals surface area contributed by atoms with Gasteiger partial charge in [-0.15, -0.1) is 12.4 Å². The Hall–Kier alpha value is -0.350. The molecular formula is C11H15BrClF3N2O2S. The molecule has 0 spiro atoms. The number of rotatable bonds is 4. The summed E-state index contributed by atoms with van der Waals surface area (Å²) in [6.07, 6.45) is -4.76. The van der Waals surface area contributed by atoms with E-state index in [1.807, 2.05) is 0 Å². The highest BCUT2D eigenvalue weighted by Gasteiger charge is 2.39. The minimum atomic E-state index is -4.76. The molecule has 2 N–H and O–H groups in total. The third-order valence-corrected chi connectivity index (χ3v) is 5.39. The maximum Gasteiger partial charge on any atom is 0.417 e. The molecule has 0 aliphatic carbocycles. The second kappa shape index (κ2) is 7.28. The van der Waals surface area contributed by atoms with Crippen molar-refractivity contribution in [3.8, 4) is 0 Å². The Morgan fingerprint density at radius 2 is 1.90 bits per heavy atom. The van der Waals surface area contributed by atoms with Crippen LogP contribution < -0.4 is 5.73 Å². The number of hydrogen-bond donors (Lipinski definition) is 1. The minimum absolute atomic E-state index is 0. The molecule has 1 unspecified atom stereocenters. The topological polar surface area (TPSA) is 63.4 Å². The van der Waals surface area contributed by atoms with Gasteiger partial charge in [0.2, 0.25) is 10.0 Å². The van der Waals surface area contributed by atoms with E-state index in [1.165, 1.54) is 20.0 Å². The van der Waals surface area contributed by atoms with Crippen molar-refractivity contribution in [3.05, 3.63) is 28.2 Å². The second-order valence-corrected chi connectivity index (χ2v) is 7.13. The number of benzene rings is 1. The summed E-state index contributed by atoms with van der Waals surface area (Å²) in [5.41, 5.74) is 4.15. The van der Waals surface area contributed by atoms with E-state index >= 15 is 0 Å². The summed E-state index contributed by atoms with van der Waals surface area (Å²) in [6, 6.07) is 2.32. The van der Waals surface area contributed by atoms with Crippen molar-refractivity contribution < 1.29 is 21.6 Å². The fraction of sp³-hybridized carbons (Fsp3) is 0.455. The van der Waals surface area contributed by atoms with Gasteiger partial charge in [0.15, 0.2) is 0 Å². The van der Waals surface area contributed by atoms with Crippen LogP contribution in [0.2, 0.25) is 0 Å². The summed E-state index contributed by atoms with van der Waals surface area (Å²) in [6.45, 7) is 1.53. The van der Waals surface area contributed by atoms with Gasteiger partial charge in [0.1, 0.15) is 0 Å². The number of halogens is 5. The van der Waals surface area contributed by atoms with Gasteiger partial charge in [-0.2, -0.15) is 17.5 Å². The van der Waals surface area contributed by atoms with E-state index < -0.39 is 32.7 Å². The van der Waals surface area contributed by atoms with Crippen LogP contribution in [-0.2, 0) is 16.2 Å². The van der Waals surface area contributed by atoms with E-state index in [1.54, 1.807) is 0 Å². The van der Waals surface area contributed by atoms with E-state index in [0.717, 1.165) is 16.4 Å². The lowest BCUT2D eigenvalue weighted by molar-refractivity contribution is -0.140. The van der Waals surface area contributed by atoms with Crippen LogP contribution in [0.3, 0.4) is 0 Å². The quantitative estimate of drug-likeness (QED) is 0.829. The monoisotopic (exact) mass is 410 g/mol. The predicted octanol–water partition coefficient (Wildman–Crippen LogP) is 2.86. The lowest BCUT2D eigenvalue weighted by Gasteiger charge is -2.24. The minimum Gasteiger partial charge on any atom is -0.329 e. The highest BCUT2D eigenvalue weighted by molar-refractivity contribution is 9.10. The molecule has 4 nitrogen and oxygen atoms in total. The number of nitrogens with zero attached hydrogens (tertiary/aromatic N) is 1. The number of hydrogen-bond acceptors (Lipinski definition) is 3. The molecule has 0 saturated heterocycles. The van der Waals surface area contributed by atoms with Gasteiger partial charge in [-0.05, 0) is 25.1 Å². The molecule has 0 heterocycles. The van der Waals surface area contributed by atoms with Crippen molar-refractivity contribution in [2.45, 2.75) is 24.0 Å². The van der Waals surface area contributed by atoms with E-state index in [2.05, 4.69) is 15.9 Å². The summed E-state index contributed by atoms with van der Waals surface area (Å²) in [5, 5.41) is 0. The molecule has 0 bridgehead atoms. The molecule has 0 aromatic heterocycles. The number of nitrogens with two attached hydrogens (primary N) is 1. The summed E-state index contributed by atoms with van der Waals surface area (Å²) in [5.74, 6) is 0. The van der Waals surface area contributed by atoms with E-state index in [9.17, 15) is 21.6 Å². The molecule has 0 aliphatic heterocycles. The van der Waals surface area contributed by atoms with E-state index in [-0.39, 0.29) is 23.4 Å². The molecule has 0 radical (unpaired) electrons. The van der Waals surface area contributed by atoms with Gasteiger partial charge in [-0.25, -0.2) is 8.42 Å². The zero-order valence-corrected chi connectivity index (χ0v) is 14.4. The van der Waals surface area contributed by atoms with Crippen molar-refractivity contribution in [3.63, 3.8) is 0 Å². The van der Waals surface area contributed by atoms with Crippen molar-refractivity contribution in [2.75, 3.05) is 13.6 Å². The summed E-state index contributed by atoms with van der Waals surface area (Å²) >= 11 is 2.91. The van der Waals surface area contributed by atoms with Crippen molar-refractivity contribution in [2.24, 2.45) is 5.73 Å². The fourth-order valence-corrected chi connectivity index (χ4v) is 3.41. The first-order chi connectivity index (χ1) is 9.01. The maximum atomic E-state index is 13.0. The first-order valence-electron chi connectivity index (χ1n) is 5.56. The van der Waals surface area contributed by atoms with Crippen LogP contribution in [0, 0.1) is 0 Å². The molecule has 1 rings (SSSR count). The third kappa shape index (κ3) is 4.56. The predicted molar refractivity (Wildman–Crippen MR) is 79.9 cm³/mol. The summed E-state index contributed by atoms with van der Waals surface area (Å²) in [4.78, 5) is -0.781. The molecule has 1 aromatic carbocycles. The van der Waals surface area contributed by atoms with Crippen molar-refractivity contribution >= 4 is 38.4 Å². The van der Waals surface area contributed by atoms with Gasteiger partial charge in [0, 0.05) is 24.1 Å². The van der Waals surface area contributed by atoms with Gasteiger partial charge in [0.05, 0.1) is 10.5 Å². The SMILES string of the molecule is CC(CN)N(C)S(=O)(=O)c1ccc(Br)cc1C(F)(F)F.Cl. The molecule has 122 valence electrons. The Morgan fingerprint density at radius 3 is 2.33 bits per heavy atom. The molecular weight excluding hydrogens is 397 g/mol. The van der Waals surface area contributed by atoms with Crippen LogP contribution in [0.1, 0.15) is 12.5 Å². The van der Waals surface area contributed by atoms with Crippen LogP contribution in [0.5, 0.6) is 0 Å². The Kier molecular flexibility index (Phi) is 7.15. The van der Waals surface area contributed by atoms with Gasteiger partial charge in [-0.3, -0.25) is 0 Å².